The lowest BCUT2D eigenvalue weighted by atomic mass is 9.84. The molecule has 2 aromatic heterocycles. The van der Waals surface area contributed by atoms with Gasteiger partial charge in [0.15, 0.2) is 5.82 Å². The predicted molar refractivity (Wildman–Crippen MR) is 175 cm³/mol. The van der Waals surface area contributed by atoms with Crippen molar-refractivity contribution in [2.45, 2.75) is 63.3 Å². The van der Waals surface area contributed by atoms with E-state index in [2.05, 4.69) is 113 Å². The van der Waals surface area contributed by atoms with Crippen molar-refractivity contribution in [2.75, 3.05) is 0 Å². The van der Waals surface area contributed by atoms with Crippen molar-refractivity contribution < 1.29 is 4.74 Å². The average molecular weight is 608 g/mol. The number of aromatic amines is 1. The number of halogens is 1. The Morgan fingerprint density at radius 3 is 2.56 bits per heavy atom. The Hall–Kier alpha value is -3.81. The second kappa shape index (κ2) is 11.4. The maximum absolute atomic E-state index is 6.60. The molecule has 3 heterocycles. The number of tetrazole rings is 1. The zero-order valence-corrected chi connectivity index (χ0v) is 26.2. The van der Waals surface area contributed by atoms with E-state index in [1.54, 1.807) is 0 Å². The van der Waals surface area contributed by atoms with Gasteiger partial charge in [0.1, 0.15) is 12.4 Å². The van der Waals surface area contributed by atoms with Crippen molar-refractivity contribution in [1.82, 2.24) is 25.2 Å². The molecule has 218 valence electrons. The van der Waals surface area contributed by atoms with Crippen molar-refractivity contribution in [3.63, 3.8) is 0 Å². The highest BCUT2D eigenvalue weighted by molar-refractivity contribution is 8.00. The van der Waals surface area contributed by atoms with Gasteiger partial charge in [-0.1, -0.05) is 86.1 Å². The van der Waals surface area contributed by atoms with Crippen LogP contribution in [0, 0.1) is 5.41 Å². The van der Waals surface area contributed by atoms with Crippen LogP contribution < -0.4 is 4.74 Å². The summed E-state index contributed by atoms with van der Waals surface area (Å²) in [6, 6.07) is 27.7. The van der Waals surface area contributed by atoms with Gasteiger partial charge in [0.2, 0.25) is 0 Å². The van der Waals surface area contributed by atoms with Gasteiger partial charge in [-0.15, -0.1) is 22.0 Å². The van der Waals surface area contributed by atoms with Crippen LogP contribution in [0.1, 0.15) is 49.0 Å². The molecule has 8 heteroatoms. The summed E-state index contributed by atoms with van der Waals surface area (Å²) in [5, 5.41) is 19.9. The van der Waals surface area contributed by atoms with Gasteiger partial charge in [0.05, 0.1) is 5.52 Å². The summed E-state index contributed by atoms with van der Waals surface area (Å²) in [5.74, 6) is 1.72. The smallest absolute Gasteiger partial charge is 0.175 e. The van der Waals surface area contributed by atoms with Gasteiger partial charge in [0.25, 0.3) is 0 Å². The number of thioether (sulfide) groups is 1. The topological polar surface area (TPSA) is 68.6 Å². The lowest BCUT2D eigenvalue weighted by molar-refractivity contribution is 0.303. The first-order valence-electron chi connectivity index (χ1n) is 14.7. The zero-order chi connectivity index (χ0) is 29.6. The fourth-order valence-corrected chi connectivity index (χ4v) is 7.76. The van der Waals surface area contributed by atoms with Crippen LogP contribution in [0.2, 0.25) is 5.02 Å². The molecule has 0 saturated carbocycles. The lowest BCUT2D eigenvalue weighted by Gasteiger charge is -2.26. The van der Waals surface area contributed by atoms with Crippen molar-refractivity contribution in [2.24, 2.45) is 5.41 Å². The predicted octanol–water partition coefficient (Wildman–Crippen LogP) is 8.44. The van der Waals surface area contributed by atoms with E-state index in [0.717, 1.165) is 42.4 Å². The summed E-state index contributed by atoms with van der Waals surface area (Å²) in [4.78, 5) is 1.37. The van der Waals surface area contributed by atoms with Gasteiger partial charge >= 0.3 is 0 Å². The highest BCUT2D eigenvalue weighted by atomic mass is 35.5. The maximum atomic E-state index is 6.60. The Morgan fingerprint density at radius 2 is 1.77 bits per heavy atom. The van der Waals surface area contributed by atoms with Gasteiger partial charge in [-0.2, -0.15) is 5.21 Å². The lowest BCUT2D eigenvalue weighted by Crippen LogP contribution is -2.22. The highest BCUT2D eigenvalue weighted by Crippen LogP contribution is 2.48. The molecule has 0 saturated heterocycles. The number of nitrogens with one attached hydrogen (secondary N) is 1. The minimum absolute atomic E-state index is 0.0800. The molecule has 1 atom stereocenters. The third kappa shape index (κ3) is 5.76. The molecule has 6 nitrogen and oxygen atoms in total. The van der Waals surface area contributed by atoms with E-state index in [4.69, 9.17) is 16.3 Å². The maximum Gasteiger partial charge on any atom is 0.175 e. The molecule has 6 aromatic rings. The fraction of sp³-hybridized carbons (Fsp3) is 0.286. The first kappa shape index (κ1) is 28.0. The molecule has 0 fully saturated rings. The molecule has 0 spiro atoms. The van der Waals surface area contributed by atoms with Crippen molar-refractivity contribution in [1.29, 1.82) is 0 Å². The van der Waals surface area contributed by atoms with E-state index in [-0.39, 0.29) is 5.41 Å². The molecule has 1 aliphatic rings. The Bertz CT molecular complexity index is 1910. The SMILES string of the molecule is CC1Cc2c(OCc3ccc4ccccc4c3)ccc3c2c(c(CC(C)(C)Cc2nn[nH]n2)n3Cc2ccc(Cl)cc2)S1. The Labute approximate surface area is 260 Å². The van der Waals surface area contributed by atoms with Crippen LogP contribution in [0.4, 0.5) is 0 Å². The molecule has 4 aromatic carbocycles. The van der Waals surface area contributed by atoms with E-state index < -0.39 is 0 Å². The summed E-state index contributed by atoms with van der Waals surface area (Å²) in [5.41, 5.74) is 6.23. The molecule has 0 aliphatic carbocycles. The van der Waals surface area contributed by atoms with E-state index >= 15 is 0 Å². The van der Waals surface area contributed by atoms with Crippen molar-refractivity contribution in [3.05, 3.63) is 112 Å². The summed E-state index contributed by atoms with van der Waals surface area (Å²) >= 11 is 8.23. The van der Waals surface area contributed by atoms with Crippen LogP contribution in [-0.4, -0.2) is 30.4 Å². The second-order valence-electron chi connectivity index (χ2n) is 12.4. The number of rotatable bonds is 9. The number of nitrogens with zero attached hydrogens (tertiary/aromatic N) is 4. The zero-order valence-electron chi connectivity index (χ0n) is 24.6. The van der Waals surface area contributed by atoms with Crippen LogP contribution in [0.3, 0.4) is 0 Å². The molecule has 0 amide bonds. The van der Waals surface area contributed by atoms with Crippen LogP contribution >= 0.6 is 23.4 Å². The number of hydrogen-bond donors (Lipinski definition) is 1. The standard InChI is InChI=1S/C35H34ClN5OS/c1-22-16-28-31(42-21-24-8-11-25-6-4-5-7-26(25)17-24)15-14-29-33(28)34(43-22)30(18-35(2,3)19-32-37-39-40-38-32)41(29)20-23-9-12-27(36)13-10-23/h4-15,17,22H,16,18-21H2,1-3H3,(H,37,38,39,40). The van der Waals surface area contributed by atoms with Crippen LogP contribution in [0.5, 0.6) is 5.75 Å². The molecule has 0 radical (unpaired) electrons. The molecular weight excluding hydrogens is 574 g/mol. The molecule has 0 bridgehead atoms. The third-order valence-corrected chi connectivity index (χ3v) is 9.79. The van der Waals surface area contributed by atoms with Crippen molar-refractivity contribution in [3.8, 4) is 5.75 Å². The van der Waals surface area contributed by atoms with Gasteiger partial charge in [-0.3, -0.25) is 0 Å². The number of hydrogen-bond acceptors (Lipinski definition) is 5. The van der Waals surface area contributed by atoms with Gasteiger partial charge in [-0.25, -0.2) is 0 Å². The Morgan fingerprint density at radius 1 is 0.977 bits per heavy atom. The largest absolute Gasteiger partial charge is 0.489 e. The summed E-state index contributed by atoms with van der Waals surface area (Å²) in [6.07, 6.45) is 2.59. The average Bonchev–Trinajstić information content (AvgIpc) is 3.60. The van der Waals surface area contributed by atoms with E-state index in [9.17, 15) is 0 Å². The van der Waals surface area contributed by atoms with Crippen LogP contribution in [0.25, 0.3) is 21.7 Å². The molecule has 1 unspecified atom stereocenters. The summed E-state index contributed by atoms with van der Waals surface area (Å²) in [6.45, 7) is 8.21. The van der Waals surface area contributed by atoms with Gasteiger partial charge in [0, 0.05) is 44.8 Å². The Kier molecular flexibility index (Phi) is 7.39. The number of benzene rings is 4. The quantitative estimate of drug-likeness (QED) is 0.179. The number of fused-ring (bicyclic) bond motifs is 1. The summed E-state index contributed by atoms with van der Waals surface area (Å²) < 4.78 is 9.11. The molecular formula is C35H34ClN5OS. The fourth-order valence-electron chi connectivity index (χ4n) is 6.32. The third-order valence-electron chi connectivity index (χ3n) is 8.30. The normalized spacial score (nSPS) is 14.9. The van der Waals surface area contributed by atoms with Gasteiger partial charge < -0.3 is 9.30 Å². The van der Waals surface area contributed by atoms with Crippen LogP contribution in [0.15, 0.2) is 83.8 Å². The molecule has 1 aliphatic heterocycles. The number of H-pyrrole nitrogens is 1. The minimum Gasteiger partial charge on any atom is -0.489 e. The van der Waals surface area contributed by atoms with Crippen molar-refractivity contribution >= 4 is 45.0 Å². The van der Waals surface area contributed by atoms with Crippen LogP contribution in [-0.2, 0) is 32.4 Å². The van der Waals surface area contributed by atoms with E-state index in [1.807, 2.05) is 23.9 Å². The molecule has 43 heavy (non-hydrogen) atoms. The molecule has 7 rings (SSSR count). The monoisotopic (exact) mass is 607 g/mol. The summed E-state index contributed by atoms with van der Waals surface area (Å²) in [7, 11) is 0. The second-order valence-corrected chi connectivity index (χ2v) is 14.3. The van der Waals surface area contributed by atoms with Gasteiger partial charge in [-0.05, 0) is 70.5 Å². The number of aromatic nitrogens is 5. The van der Waals surface area contributed by atoms with E-state index in [1.165, 1.54) is 49.0 Å². The minimum atomic E-state index is -0.0800. The molecule has 1 N–H and O–H groups in total. The van der Waals surface area contributed by atoms with E-state index in [0.29, 0.717) is 11.9 Å². The first-order valence-corrected chi connectivity index (χ1v) is 16.0. The number of ether oxygens (including phenoxy) is 1. The Balaban J connectivity index is 1.29. The highest BCUT2D eigenvalue weighted by Gasteiger charge is 2.32. The first-order chi connectivity index (χ1) is 20.8.